The molecule has 1 saturated heterocycles. The van der Waals surface area contributed by atoms with E-state index in [2.05, 4.69) is 10.6 Å². The molecule has 112 valence electrons. The van der Waals surface area contributed by atoms with Crippen LogP contribution in [0.25, 0.3) is 0 Å². The average Bonchev–Trinajstić information content (AvgIpc) is 2.27. The van der Waals surface area contributed by atoms with Crippen LogP contribution in [-0.4, -0.2) is 55.2 Å². The van der Waals surface area contributed by atoms with Gasteiger partial charge in [-0.1, -0.05) is 0 Å². The molecule has 1 rings (SSSR count). The first-order valence-corrected chi connectivity index (χ1v) is 6.78. The molecule has 3 N–H and O–H groups in total. The lowest BCUT2D eigenvalue weighted by atomic mass is 9.94. The second kappa shape index (κ2) is 7.07. The van der Waals surface area contributed by atoms with E-state index in [1.807, 2.05) is 20.8 Å². The predicted octanol–water partition coefficient (Wildman–Crippen LogP) is 0.642. The number of carbonyl (C=O) groups excluding carboxylic acids is 1. The molecule has 0 atom stereocenters. The van der Waals surface area contributed by atoms with E-state index in [-0.39, 0.29) is 0 Å². The zero-order chi connectivity index (χ0) is 14.4. The van der Waals surface area contributed by atoms with Gasteiger partial charge in [-0.15, -0.1) is 0 Å². The Morgan fingerprint density at radius 3 is 2.53 bits per heavy atom. The Morgan fingerprint density at radius 1 is 1.32 bits per heavy atom. The minimum absolute atomic E-state index is 0.418. The molecule has 1 aliphatic rings. The minimum atomic E-state index is -0.676. The number of rotatable bonds is 5. The third-order valence-electron chi connectivity index (χ3n) is 2.85. The van der Waals surface area contributed by atoms with E-state index in [0.29, 0.717) is 45.7 Å². The molecule has 0 saturated carbocycles. The van der Waals surface area contributed by atoms with Crippen LogP contribution in [0.15, 0.2) is 0 Å². The summed E-state index contributed by atoms with van der Waals surface area (Å²) < 4.78 is 10.3. The number of hydrogen-bond acceptors (Lipinski definition) is 5. The van der Waals surface area contributed by atoms with Crippen LogP contribution in [-0.2, 0) is 9.47 Å². The maximum atomic E-state index is 11.4. The van der Waals surface area contributed by atoms with E-state index in [9.17, 15) is 9.90 Å². The quantitative estimate of drug-likeness (QED) is 0.641. The Bertz CT molecular complexity index is 283. The summed E-state index contributed by atoms with van der Waals surface area (Å²) in [5.41, 5.74) is -1.15. The lowest BCUT2D eigenvalue weighted by Gasteiger charge is -2.32. The largest absolute Gasteiger partial charge is 0.444 e. The fourth-order valence-corrected chi connectivity index (χ4v) is 1.82. The van der Waals surface area contributed by atoms with E-state index in [1.54, 1.807) is 0 Å². The van der Waals surface area contributed by atoms with Crippen molar-refractivity contribution in [1.82, 2.24) is 10.6 Å². The van der Waals surface area contributed by atoms with E-state index < -0.39 is 17.3 Å². The van der Waals surface area contributed by atoms with Crippen molar-refractivity contribution in [3.63, 3.8) is 0 Å². The SMILES string of the molecule is CC(C)(C)OC(=O)NCCNCC1(O)CCOCC1. The molecule has 0 spiro atoms. The lowest BCUT2D eigenvalue weighted by Crippen LogP contribution is -2.46. The van der Waals surface area contributed by atoms with Gasteiger partial charge < -0.3 is 25.2 Å². The number of amides is 1. The molecule has 6 nitrogen and oxygen atoms in total. The summed E-state index contributed by atoms with van der Waals surface area (Å²) in [6.07, 6.45) is 0.887. The van der Waals surface area contributed by atoms with Crippen molar-refractivity contribution >= 4 is 6.09 Å². The van der Waals surface area contributed by atoms with Crippen molar-refractivity contribution in [3.8, 4) is 0 Å². The van der Waals surface area contributed by atoms with Crippen LogP contribution in [0.1, 0.15) is 33.6 Å². The zero-order valence-electron chi connectivity index (χ0n) is 12.1. The predicted molar refractivity (Wildman–Crippen MR) is 72.1 cm³/mol. The molecule has 0 unspecified atom stereocenters. The summed E-state index contributed by atoms with van der Waals surface area (Å²) >= 11 is 0. The fourth-order valence-electron chi connectivity index (χ4n) is 1.82. The molecule has 0 aromatic carbocycles. The van der Waals surface area contributed by atoms with Gasteiger partial charge in [0.2, 0.25) is 0 Å². The summed E-state index contributed by atoms with van der Waals surface area (Å²) in [6, 6.07) is 0. The number of ether oxygens (including phenoxy) is 2. The van der Waals surface area contributed by atoms with Crippen LogP contribution in [0.3, 0.4) is 0 Å². The van der Waals surface area contributed by atoms with Crippen molar-refractivity contribution in [2.45, 2.75) is 44.8 Å². The maximum absolute atomic E-state index is 11.4. The highest BCUT2D eigenvalue weighted by atomic mass is 16.6. The minimum Gasteiger partial charge on any atom is -0.444 e. The van der Waals surface area contributed by atoms with Gasteiger partial charge in [-0.25, -0.2) is 4.79 Å². The zero-order valence-corrected chi connectivity index (χ0v) is 12.1. The van der Waals surface area contributed by atoms with Crippen molar-refractivity contribution in [1.29, 1.82) is 0 Å². The fraction of sp³-hybridized carbons (Fsp3) is 0.923. The molecule has 6 heteroatoms. The van der Waals surface area contributed by atoms with Crippen LogP contribution in [0.5, 0.6) is 0 Å². The number of nitrogens with one attached hydrogen (secondary N) is 2. The Labute approximate surface area is 114 Å². The molecule has 0 bridgehead atoms. The lowest BCUT2D eigenvalue weighted by molar-refractivity contribution is -0.0613. The van der Waals surface area contributed by atoms with Crippen LogP contribution in [0.2, 0.25) is 0 Å². The summed E-state index contributed by atoms with van der Waals surface area (Å²) in [5.74, 6) is 0. The monoisotopic (exact) mass is 274 g/mol. The van der Waals surface area contributed by atoms with Crippen LogP contribution in [0.4, 0.5) is 4.79 Å². The van der Waals surface area contributed by atoms with Gasteiger partial charge >= 0.3 is 6.09 Å². The van der Waals surface area contributed by atoms with E-state index in [1.165, 1.54) is 0 Å². The van der Waals surface area contributed by atoms with Crippen LogP contribution >= 0.6 is 0 Å². The average molecular weight is 274 g/mol. The summed E-state index contributed by atoms with van der Waals surface area (Å²) in [5, 5.41) is 16.0. The number of aliphatic hydroxyl groups is 1. The third kappa shape index (κ3) is 7.34. The molecule has 19 heavy (non-hydrogen) atoms. The van der Waals surface area contributed by atoms with Gasteiger partial charge in [-0.3, -0.25) is 0 Å². The second-order valence-electron chi connectivity index (χ2n) is 5.94. The highest BCUT2D eigenvalue weighted by Crippen LogP contribution is 2.18. The van der Waals surface area contributed by atoms with Gasteiger partial charge in [0, 0.05) is 45.7 Å². The Hall–Kier alpha value is -0.850. The van der Waals surface area contributed by atoms with E-state index in [0.717, 1.165) is 0 Å². The summed E-state index contributed by atoms with van der Waals surface area (Å²) in [7, 11) is 0. The number of alkyl carbamates (subject to hydrolysis) is 1. The van der Waals surface area contributed by atoms with E-state index in [4.69, 9.17) is 9.47 Å². The first kappa shape index (κ1) is 16.2. The van der Waals surface area contributed by atoms with Crippen molar-refractivity contribution in [2.75, 3.05) is 32.8 Å². The number of hydrogen-bond donors (Lipinski definition) is 3. The molecule has 1 heterocycles. The van der Waals surface area contributed by atoms with Gasteiger partial charge in [0.15, 0.2) is 0 Å². The smallest absolute Gasteiger partial charge is 0.407 e. The Balaban J connectivity index is 2.06. The van der Waals surface area contributed by atoms with Crippen LogP contribution in [0, 0.1) is 0 Å². The van der Waals surface area contributed by atoms with Crippen molar-refractivity contribution in [3.05, 3.63) is 0 Å². The molecule has 0 aromatic heterocycles. The first-order chi connectivity index (χ1) is 8.81. The molecule has 0 radical (unpaired) electrons. The standard InChI is InChI=1S/C13H26N2O4/c1-12(2,3)19-11(16)15-7-6-14-10-13(17)4-8-18-9-5-13/h14,17H,4-10H2,1-3H3,(H,15,16). The first-order valence-electron chi connectivity index (χ1n) is 6.78. The summed E-state index contributed by atoms with van der Waals surface area (Å²) in [6.45, 7) is 8.28. The topological polar surface area (TPSA) is 79.8 Å². The second-order valence-corrected chi connectivity index (χ2v) is 5.94. The van der Waals surface area contributed by atoms with Crippen molar-refractivity contribution < 1.29 is 19.4 Å². The maximum Gasteiger partial charge on any atom is 0.407 e. The molecule has 1 aliphatic heterocycles. The van der Waals surface area contributed by atoms with Crippen LogP contribution < -0.4 is 10.6 Å². The van der Waals surface area contributed by atoms with Gasteiger partial charge in [0.1, 0.15) is 5.60 Å². The van der Waals surface area contributed by atoms with Gasteiger partial charge in [-0.2, -0.15) is 0 Å². The van der Waals surface area contributed by atoms with Gasteiger partial charge in [0.25, 0.3) is 0 Å². The molecular formula is C13H26N2O4. The Morgan fingerprint density at radius 2 is 1.95 bits per heavy atom. The molecular weight excluding hydrogens is 248 g/mol. The third-order valence-corrected chi connectivity index (χ3v) is 2.85. The molecule has 1 fully saturated rings. The van der Waals surface area contributed by atoms with Gasteiger partial charge in [-0.05, 0) is 20.8 Å². The van der Waals surface area contributed by atoms with Crippen molar-refractivity contribution in [2.24, 2.45) is 0 Å². The summed E-state index contributed by atoms with van der Waals surface area (Å²) in [4.78, 5) is 11.4. The van der Waals surface area contributed by atoms with Gasteiger partial charge in [0.05, 0.1) is 5.60 Å². The number of carbonyl (C=O) groups is 1. The van der Waals surface area contributed by atoms with E-state index >= 15 is 0 Å². The Kier molecular flexibility index (Phi) is 6.03. The highest BCUT2D eigenvalue weighted by Gasteiger charge is 2.28. The normalized spacial score (nSPS) is 18.9. The molecule has 0 aliphatic carbocycles. The molecule has 0 aromatic rings. The molecule has 1 amide bonds. The highest BCUT2D eigenvalue weighted by molar-refractivity contribution is 5.67.